The fourth-order valence-corrected chi connectivity index (χ4v) is 2.22. The van der Waals surface area contributed by atoms with E-state index in [0.717, 1.165) is 25.9 Å². The molecular formula is C13H25N3O3. The summed E-state index contributed by atoms with van der Waals surface area (Å²) in [6.45, 7) is 4.39. The van der Waals surface area contributed by atoms with E-state index in [9.17, 15) is 9.59 Å². The van der Waals surface area contributed by atoms with Gasteiger partial charge >= 0.3 is 12.0 Å². The normalized spacial score (nSPS) is 17.8. The van der Waals surface area contributed by atoms with Gasteiger partial charge in [-0.25, -0.2) is 4.79 Å². The first kappa shape index (κ1) is 15.8. The van der Waals surface area contributed by atoms with Crippen LogP contribution in [0.3, 0.4) is 0 Å². The van der Waals surface area contributed by atoms with Gasteiger partial charge in [-0.05, 0) is 38.3 Å². The van der Waals surface area contributed by atoms with Crippen molar-refractivity contribution in [2.24, 2.45) is 5.92 Å². The Kier molecular flexibility index (Phi) is 6.62. The Balaban J connectivity index is 2.23. The Morgan fingerprint density at radius 3 is 2.63 bits per heavy atom. The van der Waals surface area contributed by atoms with E-state index in [1.165, 1.54) is 0 Å². The van der Waals surface area contributed by atoms with E-state index >= 15 is 0 Å². The largest absolute Gasteiger partial charge is 0.481 e. The van der Waals surface area contributed by atoms with E-state index in [4.69, 9.17) is 5.11 Å². The van der Waals surface area contributed by atoms with Crippen LogP contribution in [0, 0.1) is 5.92 Å². The highest BCUT2D eigenvalue weighted by Crippen LogP contribution is 2.10. The maximum atomic E-state index is 12.0. The summed E-state index contributed by atoms with van der Waals surface area (Å²) >= 11 is 0. The van der Waals surface area contributed by atoms with Gasteiger partial charge in [-0.2, -0.15) is 0 Å². The summed E-state index contributed by atoms with van der Waals surface area (Å²) in [5, 5.41) is 14.7. The minimum atomic E-state index is -0.787. The lowest BCUT2D eigenvalue weighted by Gasteiger charge is -2.32. The number of piperidine rings is 1. The number of rotatable bonds is 6. The summed E-state index contributed by atoms with van der Waals surface area (Å²) in [7, 11) is 1.83. The van der Waals surface area contributed by atoms with Crippen LogP contribution < -0.4 is 10.6 Å². The second-order valence-corrected chi connectivity index (χ2v) is 5.32. The fraction of sp³-hybridized carbons (Fsp3) is 0.846. The quantitative estimate of drug-likeness (QED) is 0.670. The number of hydrogen-bond donors (Lipinski definition) is 3. The summed E-state index contributed by atoms with van der Waals surface area (Å²) in [6.07, 6.45) is 2.71. The van der Waals surface area contributed by atoms with Crippen molar-refractivity contribution in [1.29, 1.82) is 0 Å². The van der Waals surface area contributed by atoms with Gasteiger partial charge in [0.25, 0.3) is 0 Å². The molecule has 1 fully saturated rings. The van der Waals surface area contributed by atoms with Gasteiger partial charge in [0.05, 0.1) is 0 Å². The molecule has 6 heteroatoms. The Hall–Kier alpha value is -1.30. The van der Waals surface area contributed by atoms with Crippen LogP contribution in [0.5, 0.6) is 0 Å². The van der Waals surface area contributed by atoms with E-state index < -0.39 is 5.97 Å². The lowest BCUT2D eigenvalue weighted by molar-refractivity contribution is -0.137. The first-order valence-corrected chi connectivity index (χ1v) is 6.94. The molecule has 0 saturated carbocycles. The standard InChI is InChI=1S/C13H25N3O3/c1-10(3-4-12(17)18)9-15-13(19)16(2)11-5-7-14-8-6-11/h10-11,14H,3-9H2,1-2H3,(H,15,19)(H,17,18). The summed E-state index contributed by atoms with van der Waals surface area (Å²) in [6, 6.07) is 0.240. The van der Waals surface area contributed by atoms with Crippen LogP contribution in [-0.4, -0.2) is 54.7 Å². The topological polar surface area (TPSA) is 81.7 Å². The van der Waals surface area contributed by atoms with Crippen LogP contribution in [0.1, 0.15) is 32.6 Å². The fourth-order valence-electron chi connectivity index (χ4n) is 2.22. The summed E-state index contributed by atoms with van der Waals surface area (Å²) in [5.74, 6) is -0.605. The van der Waals surface area contributed by atoms with Crippen molar-refractivity contribution >= 4 is 12.0 Å². The van der Waals surface area contributed by atoms with Crippen molar-refractivity contribution in [3.05, 3.63) is 0 Å². The van der Waals surface area contributed by atoms with Crippen LogP contribution in [0.25, 0.3) is 0 Å². The van der Waals surface area contributed by atoms with Crippen LogP contribution in [0.15, 0.2) is 0 Å². The molecule has 2 amide bonds. The van der Waals surface area contributed by atoms with Crippen LogP contribution in [-0.2, 0) is 4.79 Å². The molecule has 1 aliphatic heterocycles. The monoisotopic (exact) mass is 271 g/mol. The Labute approximate surface area is 114 Å². The van der Waals surface area contributed by atoms with E-state index in [1.54, 1.807) is 4.90 Å². The molecule has 3 N–H and O–H groups in total. The van der Waals surface area contributed by atoms with Gasteiger partial charge in [0.1, 0.15) is 0 Å². The highest BCUT2D eigenvalue weighted by atomic mass is 16.4. The van der Waals surface area contributed by atoms with Crippen molar-refractivity contribution in [3.8, 4) is 0 Å². The zero-order valence-electron chi connectivity index (χ0n) is 11.8. The number of amides is 2. The molecule has 0 aromatic carbocycles. The average Bonchev–Trinajstić information content (AvgIpc) is 2.42. The number of carbonyl (C=O) groups excluding carboxylic acids is 1. The zero-order chi connectivity index (χ0) is 14.3. The molecule has 0 spiro atoms. The number of carbonyl (C=O) groups is 2. The molecule has 1 heterocycles. The number of carboxylic acids is 1. The maximum Gasteiger partial charge on any atom is 0.317 e. The molecule has 1 saturated heterocycles. The van der Waals surface area contributed by atoms with Gasteiger partial charge in [0.15, 0.2) is 0 Å². The van der Waals surface area contributed by atoms with E-state index in [1.807, 2.05) is 14.0 Å². The number of nitrogens with zero attached hydrogens (tertiary/aromatic N) is 1. The number of hydrogen-bond acceptors (Lipinski definition) is 3. The number of carboxylic acid groups (broad SMARTS) is 1. The van der Waals surface area contributed by atoms with Gasteiger partial charge < -0.3 is 20.6 Å². The number of aliphatic carboxylic acids is 1. The Morgan fingerprint density at radius 2 is 2.05 bits per heavy atom. The minimum absolute atomic E-state index is 0.0610. The van der Waals surface area contributed by atoms with Gasteiger partial charge in [-0.15, -0.1) is 0 Å². The van der Waals surface area contributed by atoms with Crippen molar-refractivity contribution in [2.45, 2.75) is 38.6 Å². The average molecular weight is 271 g/mol. The van der Waals surface area contributed by atoms with Crippen LogP contribution in [0.2, 0.25) is 0 Å². The summed E-state index contributed by atoms with van der Waals surface area (Å²) < 4.78 is 0. The van der Waals surface area contributed by atoms with Crippen molar-refractivity contribution in [3.63, 3.8) is 0 Å². The molecule has 110 valence electrons. The van der Waals surface area contributed by atoms with E-state index in [-0.39, 0.29) is 18.4 Å². The molecule has 0 aromatic rings. The van der Waals surface area contributed by atoms with Gasteiger partial charge in [-0.1, -0.05) is 6.92 Å². The second-order valence-electron chi connectivity index (χ2n) is 5.32. The van der Waals surface area contributed by atoms with Gasteiger partial charge in [-0.3, -0.25) is 4.79 Å². The maximum absolute atomic E-state index is 12.0. The zero-order valence-corrected chi connectivity index (χ0v) is 11.8. The first-order valence-electron chi connectivity index (χ1n) is 6.94. The van der Waals surface area contributed by atoms with Crippen molar-refractivity contribution < 1.29 is 14.7 Å². The van der Waals surface area contributed by atoms with Crippen molar-refractivity contribution in [1.82, 2.24) is 15.5 Å². The molecule has 1 unspecified atom stereocenters. The molecule has 0 radical (unpaired) electrons. The molecule has 0 aliphatic carbocycles. The molecule has 19 heavy (non-hydrogen) atoms. The smallest absolute Gasteiger partial charge is 0.317 e. The summed E-state index contributed by atoms with van der Waals surface area (Å²) in [5.41, 5.74) is 0. The predicted octanol–water partition coefficient (Wildman–Crippen LogP) is 0.881. The third-order valence-electron chi connectivity index (χ3n) is 3.63. The molecule has 0 bridgehead atoms. The first-order chi connectivity index (χ1) is 9.00. The van der Waals surface area contributed by atoms with Crippen molar-refractivity contribution in [2.75, 3.05) is 26.7 Å². The molecule has 6 nitrogen and oxygen atoms in total. The Morgan fingerprint density at radius 1 is 1.42 bits per heavy atom. The molecule has 1 atom stereocenters. The highest BCUT2D eigenvalue weighted by molar-refractivity contribution is 5.74. The third kappa shape index (κ3) is 5.92. The third-order valence-corrected chi connectivity index (χ3v) is 3.63. The summed E-state index contributed by atoms with van der Waals surface area (Å²) in [4.78, 5) is 24.2. The van der Waals surface area contributed by atoms with Crippen LogP contribution >= 0.6 is 0 Å². The molecule has 0 aromatic heterocycles. The van der Waals surface area contributed by atoms with E-state index in [0.29, 0.717) is 19.0 Å². The molecule has 1 rings (SSSR count). The lowest BCUT2D eigenvalue weighted by Crippen LogP contribution is -2.48. The van der Waals surface area contributed by atoms with Gasteiger partial charge in [0.2, 0.25) is 0 Å². The highest BCUT2D eigenvalue weighted by Gasteiger charge is 2.21. The van der Waals surface area contributed by atoms with E-state index in [2.05, 4.69) is 10.6 Å². The SMILES string of the molecule is CC(CCC(=O)O)CNC(=O)N(C)C1CCNCC1. The second kappa shape index (κ2) is 7.99. The predicted molar refractivity (Wildman–Crippen MR) is 73.1 cm³/mol. The number of urea groups is 1. The van der Waals surface area contributed by atoms with Crippen LogP contribution in [0.4, 0.5) is 4.79 Å². The number of nitrogens with one attached hydrogen (secondary N) is 2. The lowest BCUT2D eigenvalue weighted by atomic mass is 10.1. The molecule has 1 aliphatic rings. The van der Waals surface area contributed by atoms with Gasteiger partial charge in [0, 0.05) is 26.1 Å². The Bertz CT molecular complexity index is 304. The molecular weight excluding hydrogens is 246 g/mol. The minimum Gasteiger partial charge on any atom is -0.481 e.